The predicted octanol–water partition coefficient (Wildman–Crippen LogP) is 7.59. The third kappa shape index (κ3) is 14.4. The highest BCUT2D eigenvalue weighted by atomic mass is 32.2. The summed E-state index contributed by atoms with van der Waals surface area (Å²) >= 11 is 0. The maximum absolute atomic E-state index is 13.2. The maximum Gasteiger partial charge on any atom is 0.230 e. The summed E-state index contributed by atoms with van der Waals surface area (Å²) in [4.78, 5) is 0. The summed E-state index contributed by atoms with van der Waals surface area (Å²) in [6.07, 6.45) is 19.6. The van der Waals surface area contributed by atoms with E-state index in [1.54, 1.807) is 4.31 Å². The molecule has 0 aromatic carbocycles. The molecule has 0 saturated heterocycles. The minimum Gasteiger partial charge on any atom is -0.211 e. The molecule has 178 valence electrons. The van der Waals surface area contributed by atoms with Gasteiger partial charge in [0.1, 0.15) is 0 Å². The predicted molar refractivity (Wildman–Crippen MR) is 130 cm³/mol. The van der Waals surface area contributed by atoms with Gasteiger partial charge < -0.3 is 0 Å². The number of rotatable bonds is 22. The van der Waals surface area contributed by atoms with Gasteiger partial charge in [-0.05, 0) is 19.3 Å². The Morgan fingerprint density at radius 1 is 0.633 bits per heavy atom. The molecule has 0 bridgehead atoms. The lowest BCUT2D eigenvalue weighted by atomic mass is 10.1. The highest BCUT2D eigenvalue weighted by molar-refractivity contribution is 7.90. The lowest BCUT2D eigenvalue weighted by Crippen LogP contribution is -2.39. The number of sulfonamides is 1. The normalized spacial score (nSPS) is 12.9. The Balaban J connectivity index is 4.71. The monoisotopic (exact) mass is 442 g/mol. The Morgan fingerprint density at radius 3 is 1.40 bits per heavy atom. The molecule has 1 unspecified atom stereocenters. The van der Waals surface area contributed by atoms with Crippen LogP contribution in [0.15, 0.2) is 0 Å². The molecular formula is C25H50N2O2S. The van der Waals surface area contributed by atoms with Gasteiger partial charge in [-0.25, -0.2) is 12.7 Å². The Kier molecular flexibility index (Phi) is 19.9. The van der Waals surface area contributed by atoms with Gasteiger partial charge in [-0.15, -0.1) is 0 Å². The maximum atomic E-state index is 13.2. The summed E-state index contributed by atoms with van der Waals surface area (Å²) < 4.78 is 28.1. The lowest BCUT2D eigenvalue weighted by Gasteiger charge is -2.25. The Bertz CT molecular complexity index is 498. The molecule has 0 radical (unpaired) electrons. The van der Waals surface area contributed by atoms with Gasteiger partial charge in [0.25, 0.3) is 0 Å². The summed E-state index contributed by atoms with van der Waals surface area (Å²) in [5.41, 5.74) is 0. The summed E-state index contributed by atoms with van der Waals surface area (Å²) in [6, 6.07) is 2.12. The average Bonchev–Trinajstić information content (AvgIpc) is 2.73. The molecule has 0 rings (SSSR count). The van der Waals surface area contributed by atoms with Gasteiger partial charge >= 0.3 is 0 Å². The second-order valence-corrected chi connectivity index (χ2v) is 10.9. The van der Waals surface area contributed by atoms with Crippen molar-refractivity contribution in [1.82, 2.24) is 4.31 Å². The Labute approximate surface area is 188 Å². The SMILES string of the molecule is CCCCCCCCN(CCCCCCCC)S(=O)(=O)C(C#N)CCCCCCC. The first-order valence-electron chi connectivity index (χ1n) is 12.9. The van der Waals surface area contributed by atoms with Gasteiger partial charge in [-0.2, -0.15) is 5.26 Å². The Morgan fingerprint density at radius 2 is 1.00 bits per heavy atom. The van der Waals surface area contributed by atoms with E-state index in [-0.39, 0.29) is 0 Å². The molecule has 0 fully saturated rings. The van der Waals surface area contributed by atoms with E-state index in [0.717, 1.165) is 44.9 Å². The number of nitrogens with zero attached hydrogens (tertiary/aromatic N) is 2. The summed E-state index contributed by atoms with van der Waals surface area (Å²) in [6.45, 7) is 7.75. The molecule has 5 heteroatoms. The van der Waals surface area contributed by atoms with Crippen LogP contribution in [0.1, 0.15) is 136 Å². The van der Waals surface area contributed by atoms with Crippen LogP contribution in [0, 0.1) is 11.3 Å². The van der Waals surface area contributed by atoms with E-state index in [9.17, 15) is 13.7 Å². The van der Waals surface area contributed by atoms with Crippen LogP contribution in [0.25, 0.3) is 0 Å². The third-order valence-electron chi connectivity index (χ3n) is 5.96. The van der Waals surface area contributed by atoms with Crippen LogP contribution in [0.3, 0.4) is 0 Å². The van der Waals surface area contributed by atoms with E-state index in [1.165, 1.54) is 64.2 Å². The van der Waals surface area contributed by atoms with Crippen molar-refractivity contribution < 1.29 is 8.42 Å². The highest BCUT2D eigenvalue weighted by Crippen LogP contribution is 2.19. The van der Waals surface area contributed by atoms with E-state index in [1.807, 2.05) is 0 Å². The van der Waals surface area contributed by atoms with Crippen LogP contribution in [0.5, 0.6) is 0 Å². The van der Waals surface area contributed by atoms with E-state index in [2.05, 4.69) is 26.8 Å². The zero-order valence-electron chi connectivity index (χ0n) is 20.3. The molecule has 0 amide bonds. The van der Waals surface area contributed by atoms with E-state index >= 15 is 0 Å². The summed E-state index contributed by atoms with van der Waals surface area (Å²) in [5.74, 6) is 0. The molecule has 1 atom stereocenters. The largest absolute Gasteiger partial charge is 0.230 e. The van der Waals surface area contributed by atoms with E-state index in [4.69, 9.17) is 0 Å². The molecule has 30 heavy (non-hydrogen) atoms. The van der Waals surface area contributed by atoms with Crippen molar-refractivity contribution in [1.29, 1.82) is 5.26 Å². The van der Waals surface area contributed by atoms with Gasteiger partial charge in [0.05, 0.1) is 6.07 Å². The van der Waals surface area contributed by atoms with Crippen LogP contribution in [0.2, 0.25) is 0 Å². The molecule has 0 aliphatic carbocycles. The molecule has 0 heterocycles. The summed E-state index contributed by atoms with van der Waals surface area (Å²) in [7, 11) is -3.53. The number of hydrogen-bond acceptors (Lipinski definition) is 3. The van der Waals surface area contributed by atoms with Gasteiger partial charge in [0.2, 0.25) is 10.0 Å². The minimum atomic E-state index is -3.53. The van der Waals surface area contributed by atoms with Crippen molar-refractivity contribution in [3.05, 3.63) is 0 Å². The van der Waals surface area contributed by atoms with E-state index in [0.29, 0.717) is 19.5 Å². The fraction of sp³-hybridized carbons (Fsp3) is 0.960. The molecule has 0 aromatic heterocycles. The van der Waals surface area contributed by atoms with Crippen LogP contribution >= 0.6 is 0 Å². The first kappa shape index (κ1) is 29.4. The van der Waals surface area contributed by atoms with Crippen LogP contribution in [-0.4, -0.2) is 31.1 Å². The van der Waals surface area contributed by atoms with Crippen molar-refractivity contribution in [3.8, 4) is 6.07 Å². The smallest absolute Gasteiger partial charge is 0.211 e. The van der Waals surface area contributed by atoms with Gasteiger partial charge in [0, 0.05) is 13.1 Å². The lowest BCUT2D eigenvalue weighted by molar-refractivity contribution is 0.379. The van der Waals surface area contributed by atoms with Crippen LogP contribution in [0.4, 0.5) is 0 Å². The molecular weight excluding hydrogens is 392 g/mol. The standard InChI is InChI=1S/C25H50N2O2S/c1-4-7-10-13-16-19-22-27(23-20-17-14-11-8-5-2)30(28,29)25(24-26)21-18-15-12-9-6-3/h25H,4-23H2,1-3H3. The van der Waals surface area contributed by atoms with Crippen molar-refractivity contribution >= 4 is 10.0 Å². The van der Waals surface area contributed by atoms with Crippen LogP contribution < -0.4 is 0 Å². The van der Waals surface area contributed by atoms with Crippen molar-refractivity contribution in [2.75, 3.05) is 13.1 Å². The topological polar surface area (TPSA) is 61.2 Å². The minimum absolute atomic E-state index is 0.478. The molecule has 0 aliphatic heterocycles. The molecule has 0 aromatic rings. The molecule has 0 N–H and O–H groups in total. The molecule has 0 spiro atoms. The molecule has 0 saturated carbocycles. The molecule has 4 nitrogen and oxygen atoms in total. The second-order valence-electron chi connectivity index (χ2n) is 8.80. The zero-order valence-corrected chi connectivity index (χ0v) is 21.2. The van der Waals surface area contributed by atoms with Crippen LogP contribution in [-0.2, 0) is 10.0 Å². The fourth-order valence-electron chi connectivity index (χ4n) is 3.90. The third-order valence-corrected chi connectivity index (χ3v) is 8.10. The number of unbranched alkanes of at least 4 members (excludes halogenated alkanes) is 14. The number of nitriles is 1. The Hall–Kier alpha value is -0.600. The van der Waals surface area contributed by atoms with Crippen molar-refractivity contribution in [3.63, 3.8) is 0 Å². The molecule has 0 aliphatic rings. The average molecular weight is 443 g/mol. The first-order valence-corrected chi connectivity index (χ1v) is 14.4. The van der Waals surface area contributed by atoms with E-state index < -0.39 is 15.3 Å². The van der Waals surface area contributed by atoms with Crippen molar-refractivity contribution in [2.24, 2.45) is 0 Å². The first-order chi connectivity index (χ1) is 14.5. The van der Waals surface area contributed by atoms with Gasteiger partial charge in [-0.3, -0.25) is 0 Å². The summed E-state index contributed by atoms with van der Waals surface area (Å²) in [5, 5.41) is 8.72. The highest BCUT2D eigenvalue weighted by Gasteiger charge is 2.31. The second kappa shape index (κ2) is 20.3. The van der Waals surface area contributed by atoms with Crippen molar-refractivity contribution in [2.45, 2.75) is 142 Å². The fourth-order valence-corrected chi connectivity index (χ4v) is 5.62. The quantitative estimate of drug-likeness (QED) is 0.162. The van der Waals surface area contributed by atoms with Gasteiger partial charge in [-0.1, -0.05) is 117 Å². The van der Waals surface area contributed by atoms with Gasteiger partial charge in [0.15, 0.2) is 5.25 Å². The zero-order chi connectivity index (χ0) is 22.5. The number of hydrogen-bond donors (Lipinski definition) is 0.